The van der Waals surface area contributed by atoms with Crippen molar-refractivity contribution >= 4 is 17.2 Å². The van der Waals surface area contributed by atoms with Crippen molar-refractivity contribution < 1.29 is 18.0 Å². The standard InChI is InChI=1S/C9H5F3N2O/c10-9(11,12)5-1-2-7-6(3-5)8(4-15)14-13-7/h1-4H,(H,13,14). The van der Waals surface area contributed by atoms with E-state index in [-0.39, 0.29) is 11.1 Å². The van der Waals surface area contributed by atoms with Crippen molar-refractivity contribution in [1.29, 1.82) is 0 Å². The largest absolute Gasteiger partial charge is 0.416 e. The Bertz CT molecular complexity index is 516. The van der Waals surface area contributed by atoms with E-state index in [1.807, 2.05) is 0 Å². The molecule has 2 aromatic rings. The molecule has 0 bridgehead atoms. The van der Waals surface area contributed by atoms with E-state index in [4.69, 9.17) is 0 Å². The van der Waals surface area contributed by atoms with E-state index in [0.717, 1.165) is 12.1 Å². The van der Waals surface area contributed by atoms with E-state index in [0.29, 0.717) is 11.8 Å². The van der Waals surface area contributed by atoms with Crippen LogP contribution in [0.4, 0.5) is 13.2 Å². The smallest absolute Gasteiger partial charge is 0.296 e. The summed E-state index contributed by atoms with van der Waals surface area (Å²) in [5.74, 6) is 0. The molecule has 0 aliphatic heterocycles. The van der Waals surface area contributed by atoms with Crippen molar-refractivity contribution in [2.75, 3.05) is 0 Å². The van der Waals surface area contributed by atoms with Gasteiger partial charge in [0.2, 0.25) is 0 Å². The van der Waals surface area contributed by atoms with E-state index in [9.17, 15) is 18.0 Å². The molecule has 1 aromatic heterocycles. The Morgan fingerprint density at radius 2 is 2.07 bits per heavy atom. The van der Waals surface area contributed by atoms with Gasteiger partial charge in [0.15, 0.2) is 6.29 Å². The fraction of sp³-hybridized carbons (Fsp3) is 0.111. The van der Waals surface area contributed by atoms with E-state index in [1.54, 1.807) is 0 Å². The zero-order chi connectivity index (χ0) is 11.1. The van der Waals surface area contributed by atoms with Crippen LogP contribution in [0, 0.1) is 0 Å². The molecule has 15 heavy (non-hydrogen) atoms. The Hall–Kier alpha value is -1.85. The number of carbonyl (C=O) groups excluding carboxylic acids is 1. The maximum absolute atomic E-state index is 12.3. The molecule has 0 saturated heterocycles. The maximum atomic E-state index is 12.3. The van der Waals surface area contributed by atoms with Gasteiger partial charge in [-0.15, -0.1) is 0 Å². The molecule has 0 fully saturated rings. The van der Waals surface area contributed by atoms with Gasteiger partial charge in [-0.2, -0.15) is 18.3 Å². The Kier molecular flexibility index (Phi) is 1.99. The summed E-state index contributed by atoms with van der Waals surface area (Å²) < 4.78 is 37.0. The van der Waals surface area contributed by atoms with Gasteiger partial charge in [0.1, 0.15) is 5.69 Å². The summed E-state index contributed by atoms with van der Waals surface area (Å²) in [5, 5.41) is 6.23. The molecule has 0 aliphatic rings. The van der Waals surface area contributed by atoms with Crippen LogP contribution in [0.3, 0.4) is 0 Å². The molecule has 0 amide bonds. The normalized spacial score (nSPS) is 11.9. The highest BCUT2D eigenvalue weighted by molar-refractivity contribution is 5.95. The number of benzene rings is 1. The number of aldehydes is 1. The first-order valence-electron chi connectivity index (χ1n) is 4.03. The second-order valence-corrected chi connectivity index (χ2v) is 2.98. The lowest BCUT2D eigenvalue weighted by atomic mass is 10.1. The number of halogens is 3. The second-order valence-electron chi connectivity index (χ2n) is 2.98. The summed E-state index contributed by atoms with van der Waals surface area (Å²) in [6, 6.07) is 3.06. The molecule has 0 atom stereocenters. The molecule has 0 radical (unpaired) electrons. The Labute approximate surface area is 81.9 Å². The minimum absolute atomic E-state index is 0.0519. The predicted octanol–water partition coefficient (Wildman–Crippen LogP) is 2.39. The van der Waals surface area contributed by atoms with Crippen LogP contribution in [-0.4, -0.2) is 16.5 Å². The number of fused-ring (bicyclic) bond motifs is 1. The third-order valence-electron chi connectivity index (χ3n) is 2.03. The molecule has 0 saturated carbocycles. The van der Waals surface area contributed by atoms with Gasteiger partial charge in [0.05, 0.1) is 11.1 Å². The van der Waals surface area contributed by atoms with Crippen LogP contribution in [0.2, 0.25) is 0 Å². The zero-order valence-corrected chi connectivity index (χ0v) is 7.30. The fourth-order valence-electron chi connectivity index (χ4n) is 1.30. The van der Waals surface area contributed by atoms with Crippen molar-refractivity contribution in [3.63, 3.8) is 0 Å². The maximum Gasteiger partial charge on any atom is 0.416 e. The summed E-state index contributed by atoms with van der Waals surface area (Å²) in [7, 11) is 0. The minimum Gasteiger partial charge on any atom is -0.296 e. The lowest BCUT2D eigenvalue weighted by Crippen LogP contribution is -2.04. The number of nitrogens with one attached hydrogen (secondary N) is 1. The quantitative estimate of drug-likeness (QED) is 0.741. The van der Waals surface area contributed by atoms with Crippen LogP contribution < -0.4 is 0 Å². The number of H-pyrrole nitrogens is 1. The lowest BCUT2D eigenvalue weighted by Gasteiger charge is -2.05. The van der Waals surface area contributed by atoms with E-state index in [2.05, 4.69) is 10.2 Å². The van der Waals surface area contributed by atoms with Crippen molar-refractivity contribution in [2.24, 2.45) is 0 Å². The first-order chi connectivity index (χ1) is 7.02. The number of alkyl halides is 3. The highest BCUT2D eigenvalue weighted by Gasteiger charge is 2.30. The molecular weight excluding hydrogens is 209 g/mol. The molecule has 1 heterocycles. The van der Waals surface area contributed by atoms with Crippen LogP contribution in [0.25, 0.3) is 10.9 Å². The van der Waals surface area contributed by atoms with Gasteiger partial charge >= 0.3 is 6.18 Å². The number of hydrogen-bond acceptors (Lipinski definition) is 2. The molecule has 78 valence electrons. The van der Waals surface area contributed by atoms with Crippen LogP contribution in [0.1, 0.15) is 16.1 Å². The van der Waals surface area contributed by atoms with Gasteiger partial charge in [-0.3, -0.25) is 9.89 Å². The van der Waals surface area contributed by atoms with E-state index in [1.165, 1.54) is 6.07 Å². The van der Waals surface area contributed by atoms with Gasteiger partial charge in [-0.1, -0.05) is 0 Å². The Morgan fingerprint density at radius 3 is 2.67 bits per heavy atom. The summed E-state index contributed by atoms with van der Waals surface area (Å²) in [6.07, 6.45) is -3.97. The third-order valence-corrected chi connectivity index (χ3v) is 2.03. The van der Waals surface area contributed by atoms with Crippen LogP contribution in [0.5, 0.6) is 0 Å². The predicted molar refractivity (Wildman–Crippen MR) is 46.5 cm³/mol. The van der Waals surface area contributed by atoms with Crippen molar-refractivity contribution in [2.45, 2.75) is 6.18 Å². The molecule has 3 nitrogen and oxygen atoms in total. The number of rotatable bonds is 1. The molecule has 0 unspecified atom stereocenters. The zero-order valence-electron chi connectivity index (χ0n) is 7.30. The highest BCUT2D eigenvalue weighted by Crippen LogP contribution is 2.31. The fourth-order valence-corrected chi connectivity index (χ4v) is 1.30. The van der Waals surface area contributed by atoms with Crippen LogP contribution in [0.15, 0.2) is 18.2 Å². The number of hydrogen-bond donors (Lipinski definition) is 1. The number of aromatic nitrogens is 2. The lowest BCUT2D eigenvalue weighted by molar-refractivity contribution is -0.137. The Morgan fingerprint density at radius 1 is 1.33 bits per heavy atom. The number of carbonyl (C=O) groups is 1. The minimum atomic E-state index is -4.41. The summed E-state index contributed by atoms with van der Waals surface area (Å²) in [6.45, 7) is 0. The van der Waals surface area contributed by atoms with Gasteiger partial charge in [0.25, 0.3) is 0 Å². The average molecular weight is 214 g/mol. The SMILES string of the molecule is O=Cc1[nH]nc2ccc(C(F)(F)F)cc12. The van der Waals surface area contributed by atoms with Gasteiger partial charge in [0, 0.05) is 5.39 Å². The molecule has 1 aromatic carbocycles. The summed E-state index contributed by atoms with van der Waals surface area (Å²) in [5.41, 5.74) is -0.402. The second kappa shape index (κ2) is 3.08. The van der Waals surface area contributed by atoms with Gasteiger partial charge < -0.3 is 0 Å². The van der Waals surface area contributed by atoms with Gasteiger partial charge in [-0.25, -0.2) is 0 Å². The molecule has 6 heteroatoms. The van der Waals surface area contributed by atoms with Crippen LogP contribution >= 0.6 is 0 Å². The van der Waals surface area contributed by atoms with E-state index >= 15 is 0 Å². The first kappa shape index (κ1) is 9.70. The number of aromatic amines is 1. The van der Waals surface area contributed by atoms with Crippen LogP contribution in [-0.2, 0) is 6.18 Å². The molecule has 2 rings (SSSR count). The highest BCUT2D eigenvalue weighted by atomic mass is 19.4. The first-order valence-corrected chi connectivity index (χ1v) is 4.03. The monoisotopic (exact) mass is 214 g/mol. The Balaban J connectivity index is 2.68. The van der Waals surface area contributed by atoms with Crippen molar-refractivity contribution in [3.8, 4) is 0 Å². The average Bonchev–Trinajstić information content (AvgIpc) is 2.57. The number of nitrogens with zero attached hydrogens (tertiary/aromatic N) is 1. The molecule has 0 spiro atoms. The summed E-state index contributed by atoms with van der Waals surface area (Å²) >= 11 is 0. The summed E-state index contributed by atoms with van der Waals surface area (Å²) in [4.78, 5) is 10.5. The molecule has 0 aliphatic carbocycles. The van der Waals surface area contributed by atoms with Crippen molar-refractivity contribution in [3.05, 3.63) is 29.5 Å². The van der Waals surface area contributed by atoms with Crippen molar-refractivity contribution in [1.82, 2.24) is 10.2 Å². The third kappa shape index (κ3) is 1.58. The molecule has 1 N–H and O–H groups in total. The molecular formula is C9H5F3N2O. The van der Waals surface area contributed by atoms with E-state index < -0.39 is 11.7 Å². The topological polar surface area (TPSA) is 45.8 Å². The van der Waals surface area contributed by atoms with Gasteiger partial charge in [-0.05, 0) is 18.2 Å².